The predicted octanol–water partition coefficient (Wildman–Crippen LogP) is 5.01. The molecule has 130 valence electrons. The van der Waals surface area contributed by atoms with Crippen LogP contribution in [0.5, 0.6) is 0 Å². The Balaban J connectivity index is 2.45. The van der Waals surface area contributed by atoms with E-state index in [9.17, 15) is 10.1 Å². The maximum Gasteiger partial charge on any atom is 0.293 e. The van der Waals surface area contributed by atoms with Crippen LogP contribution in [0.4, 0.5) is 11.4 Å². The summed E-state index contributed by atoms with van der Waals surface area (Å²) < 4.78 is 0. The predicted molar refractivity (Wildman–Crippen MR) is 97.1 cm³/mol. The molecule has 0 radical (unpaired) electrons. The van der Waals surface area contributed by atoms with E-state index >= 15 is 0 Å². The number of anilines is 1. The van der Waals surface area contributed by atoms with Crippen LogP contribution < -0.4 is 4.90 Å². The number of rotatable bonds is 7. The summed E-state index contributed by atoms with van der Waals surface area (Å²) in [6.45, 7) is 17.5. The molecule has 0 heterocycles. The lowest BCUT2D eigenvalue weighted by Gasteiger charge is -2.32. The van der Waals surface area contributed by atoms with Crippen molar-refractivity contribution < 1.29 is 4.92 Å². The molecule has 5 heteroatoms. The monoisotopic (exact) mass is 329 g/mol. The molecule has 0 aliphatic heterocycles. The van der Waals surface area contributed by atoms with Crippen LogP contribution in [0.15, 0.2) is 18.2 Å². The summed E-state index contributed by atoms with van der Waals surface area (Å²) in [4.78, 5) is 17.3. The summed E-state index contributed by atoms with van der Waals surface area (Å²) in [5, 5.41) is 11.7. The van der Waals surface area contributed by atoms with Gasteiger partial charge in [0.15, 0.2) is 0 Å². The van der Waals surface area contributed by atoms with Crippen molar-refractivity contribution in [1.82, 2.24) is 0 Å². The van der Waals surface area contributed by atoms with Crippen LogP contribution in [0.3, 0.4) is 0 Å². The largest absolute Gasteiger partial charge is 0.365 e. The highest BCUT2D eigenvalue weighted by molar-refractivity contribution is 5.65. The highest BCUT2D eigenvalue weighted by Gasteiger charge is 2.46. The van der Waals surface area contributed by atoms with E-state index in [-0.39, 0.29) is 10.6 Å². The van der Waals surface area contributed by atoms with Crippen LogP contribution in [0.25, 0.3) is 4.85 Å². The van der Waals surface area contributed by atoms with E-state index in [0.717, 1.165) is 37.9 Å². The molecule has 0 saturated heterocycles. The zero-order valence-electron chi connectivity index (χ0n) is 15.1. The second-order valence-corrected chi connectivity index (χ2v) is 7.65. The Labute approximate surface area is 144 Å². The van der Waals surface area contributed by atoms with Gasteiger partial charge in [0, 0.05) is 37.6 Å². The second-order valence-electron chi connectivity index (χ2n) is 7.65. The summed E-state index contributed by atoms with van der Waals surface area (Å²) >= 11 is 0. The third kappa shape index (κ3) is 3.69. The molecule has 1 saturated carbocycles. The van der Waals surface area contributed by atoms with E-state index in [0.29, 0.717) is 17.5 Å². The van der Waals surface area contributed by atoms with Crippen molar-refractivity contribution in [2.24, 2.45) is 11.8 Å². The average molecular weight is 329 g/mol. The van der Waals surface area contributed by atoms with Crippen LogP contribution in [-0.4, -0.2) is 18.0 Å². The first-order chi connectivity index (χ1) is 11.3. The molecule has 0 spiro atoms. The summed E-state index contributed by atoms with van der Waals surface area (Å²) in [5.41, 5.74) is 1.06. The van der Waals surface area contributed by atoms with Crippen molar-refractivity contribution in [3.8, 4) is 0 Å². The molecule has 2 rings (SSSR count). The van der Waals surface area contributed by atoms with Gasteiger partial charge in [0.25, 0.3) is 11.2 Å². The molecular weight excluding hydrogens is 302 g/mol. The zero-order chi connectivity index (χ0) is 17.9. The standard InChI is InChI=1S/C19H27N3O2/c1-14(2)12-21(13-15(3)4)17-8-7-16(11-18(17)22(23)24)19(20-5)9-6-10-19/h7-8,11,14-15H,6,9-10,12-13H2,1-4H3. The zero-order valence-corrected chi connectivity index (χ0v) is 15.1. The molecular formula is C19H27N3O2. The minimum absolute atomic E-state index is 0.128. The third-order valence-corrected chi connectivity index (χ3v) is 4.62. The molecule has 1 fully saturated rings. The minimum Gasteiger partial charge on any atom is -0.365 e. The van der Waals surface area contributed by atoms with Crippen LogP contribution in [0.2, 0.25) is 0 Å². The van der Waals surface area contributed by atoms with Gasteiger partial charge in [-0.05, 0) is 30.4 Å². The molecule has 5 nitrogen and oxygen atoms in total. The number of benzene rings is 1. The first-order valence-corrected chi connectivity index (χ1v) is 8.71. The van der Waals surface area contributed by atoms with Gasteiger partial charge in [-0.2, -0.15) is 0 Å². The van der Waals surface area contributed by atoms with Crippen molar-refractivity contribution in [3.63, 3.8) is 0 Å². The van der Waals surface area contributed by atoms with Crippen LogP contribution in [0.1, 0.15) is 52.5 Å². The summed E-state index contributed by atoms with van der Waals surface area (Å²) in [5.74, 6) is 0.841. The number of nitro groups is 1. The van der Waals surface area contributed by atoms with E-state index in [1.54, 1.807) is 6.07 Å². The van der Waals surface area contributed by atoms with Crippen molar-refractivity contribution >= 4 is 11.4 Å². The molecule has 0 amide bonds. The average Bonchev–Trinajstić information content (AvgIpc) is 2.45. The number of nitro benzene ring substituents is 1. The van der Waals surface area contributed by atoms with Crippen LogP contribution in [-0.2, 0) is 5.54 Å². The summed E-state index contributed by atoms with van der Waals surface area (Å²) in [6, 6.07) is 5.41. The maximum atomic E-state index is 11.7. The second kappa shape index (κ2) is 7.21. The van der Waals surface area contributed by atoms with Crippen molar-refractivity contribution in [2.45, 2.75) is 52.5 Å². The third-order valence-electron chi connectivity index (χ3n) is 4.62. The molecule has 0 unspecified atom stereocenters. The van der Waals surface area contributed by atoms with Crippen molar-refractivity contribution in [1.29, 1.82) is 0 Å². The first kappa shape index (κ1) is 18.3. The van der Waals surface area contributed by atoms with E-state index in [4.69, 9.17) is 6.57 Å². The fourth-order valence-electron chi connectivity index (χ4n) is 3.36. The van der Waals surface area contributed by atoms with Gasteiger partial charge < -0.3 is 9.74 Å². The highest BCUT2D eigenvalue weighted by Crippen LogP contribution is 2.47. The normalized spacial score (nSPS) is 15.9. The Morgan fingerprint density at radius 1 is 1.25 bits per heavy atom. The SMILES string of the molecule is [C-]#[N+]C1(c2ccc(N(CC(C)C)CC(C)C)c([N+](=O)[O-])c2)CCC1. The van der Waals surface area contributed by atoms with E-state index in [1.165, 1.54) is 0 Å². The van der Waals surface area contributed by atoms with E-state index in [1.807, 2.05) is 12.1 Å². The molecule has 1 aromatic carbocycles. The van der Waals surface area contributed by atoms with Crippen molar-refractivity contribution in [3.05, 3.63) is 45.3 Å². The molecule has 0 N–H and O–H groups in total. The minimum atomic E-state index is -0.537. The van der Waals surface area contributed by atoms with Gasteiger partial charge in [0.1, 0.15) is 5.69 Å². The van der Waals surface area contributed by atoms with Crippen molar-refractivity contribution in [2.75, 3.05) is 18.0 Å². The number of nitrogens with zero attached hydrogens (tertiary/aromatic N) is 3. The lowest BCUT2D eigenvalue weighted by Crippen LogP contribution is -2.33. The van der Waals surface area contributed by atoms with Gasteiger partial charge in [0.2, 0.25) is 0 Å². The fraction of sp³-hybridized carbons (Fsp3) is 0.632. The smallest absolute Gasteiger partial charge is 0.293 e. The Morgan fingerprint density at radius 3 is 2.21 bits per heavy atom. The Bertz CT molecular complexity index is 633. The molecule has 1 aliphatic rings. The summed E-state index contributed by atoms with van der Waals surface area (Å²) in [7, 11) is 0. The van der Waals surface area contributed by atoms with Gasteiger partial charge in [-0.25, -0.2) is 6.57 Å². The van der Waals surface area contributed by atoms with Gasteiger partial charge in [-0.1, -0.05) is 27.7 Å². The molecule has 0 atom stereocenters. The molecule has 1 aliphatic carbocycles. The lowest BCUT2D eigenvalue weighted by atomic mass is 9.72. The number of hydrogen-bond donors (Lipinski definition) is 0. The van der Waals surface area contributed by atoms with Crippen LogP contribution >= 0.6 is 0 Å². The van der Waals surface area contributed by atoms with Gasteiger partial charge in [-0.3, -0.25) is 10.1 Å². The topological polar surface area (TPSA) is 50.7 Å². The Kier molecular flexibility index (Phi) is 5.48. The highest BCUT2D eigenvalue weighted by atomic mass is 16.6. The molecule has 1 aromatic rings. The first-order valence-electron chi connectivity index (χ1n) is 8.71. The maximum absolute atomic E-state index is 11.7. The summed E-state index contributed by atoms with van der Waals surface area (Å²) in [6.07, 6.45) is 2.62. The van der Waals surface area contributed by atoms with Crippen LogP contribution in [0, 0.1) is 28.5 Å². The van der Waals surface area contributed by atoms with Gasteiger partial charge in [-0.15, -0.1) is 0 Å². The quantitative estimate of drug-likeness (QED) is 0.401. The molecule has 0 aromatic heterocycles. The molecule has 0 bridgehead atoms. The van der Waals surface area contributed by atoms with E-state index < -0.39 is 5.54 Å². The molecule has 24 heavy (non-hydrogen) atoms. The van der Waals surface area contributed by atoms with Gasteiger partial charge in [0.05, 0.1) is 4.92 Å². The van der Waals surface area contributed by atoms with E-state index in [2.05, 4.69) is 37.4 Å². The number of hydrogen-bond acceptors (Lipinski definition) is 3. The Hall–Kier alpha value is -2.09. The fourth-order valence-corrected chi connectivity index (χ4v) is 3.36. The van der Waals surface area contributed by atoms with Gasteiger partial charge >= 0.3 is 0 Å². The lowest BCUT2D eigenvalue weighted by molar-refractivity contribution is -0.384. The Morgan fingerprint density at radius 2 is 1.83 bits per heavy atom.